The summed E-state index contributed by atoms with van der Waals surface area (Å²) in [5, 5.41) is 5.22. The number of imidazole rings is 1. The highest BCUT2D eigenvalue weighted by molar-refractivity contribution is 7.10. The van der Waals surface area contributed by atoms with Crippen LogP contribution in [0.5, 0.6) is 5.75 Å². The maximum absolute atomic E-state index is 13.1. The molecule has 1 aliphatic carbocycles. The standard InChI is InChI=1S/C21H23N3O2S/c1-24-12-11-22-20(24)19(14-7-9-15(26-2)10-8-14)23-21(25)17-13-27-18-6-4-3-5-16(17)18/h7-13,19H,3-6H2,1-2H3,(H,23,25). The summed E-state index contributed by atoms with van der Waals surface area (Å²) in [5.74, 6) is 1.56. The van der Waals surface area contributed by atoms with Crippen molar-refractivity contribution in [3.8, 4) is 5.75 Å². The van der Waals surface area contributed by atoms with E-state index in [1.165, 1.54) is 16.9 Å². The quantitative estimate of drug-likeness (QED) is 0.729. The molecule has 1 unspecified atom stereocenters. The van der Waals surface area contributed by atoms with E-state index in [1.807, 2.05) is 47.5 Å². The smallest absolute Gasteiger partial charge is 0.253 e. The molecule has 27 heavy (non-hydrogen) atoms. The minimum Gasteiger partial charge on any atom is -0.497 e. The molecule has 4 rings (SSSR count). The van der Waals surface area contributed by atoms with E-state index in [1.54, 1.807) is 24.6 Å². The van der Waals surface area contributed by atoms with Crippen molar-refractivity contribution in [2.45, 2.75) is 31.7 Å². The van der Waals surface area contributed by atoms with Gasteiger partial charge in [0.25, 0.3) is 5.91 Å². The maximum atomic E-state index is 13.1. The van der Waals surface area contributed by atoms with E-state index in [4.69, 9.17) is 4.74 Å². The van der Waals surface area contributed by atoms with Gasteiger partial charge in [-0.05, 0) is 48.9 Å². The van der Waals surface area contributed by atoms with E-state index < -0.39 is 0 Å². The number of nitrogens with zero attached hydrogens (tertiary/aromatic N) is 2. The number of carbonyl (C=O) groups excluding carboxylic acids is 1. The number of hydrogen-bond acceptors (Lipinski definition) is 4. The number of aryl methyl sites for hydroxylation is 2. The molecule has 0 fully saturated rings. The zero-order valence-corrected chi connectivity index (χ0v) is 16.4. The van der Waals surface area contributed by atoms with E-state index in [-0.39, 0.29) is 11.9 Å². The number of thiophene rings is 1. The summed E-state index contributed by atoms with van der Waals surface area (Å²) in [5.41, 5.74) is 3.03. The number of ether oxygens (including phenoxy) is 1. The van der Waals surface area contributed by atoms with Gasteiger partial charge >= 0.3 is 0 Å². The Labute approximate surface area is 163 Å². The Hall–Kier alpha value is -2.60. The maximum Gasteiger partial charge on any atom is 0.253 e. The lowest BCUT2D eigenvalue weighted by Gasteiger charge is -2.20. The van der Waals surface area contributed by atoms with Crippen molar-refractivity contribution in [2.24, 2.45) is 7.05 Å². The third-order valence-electron chi connectivity index (χ3n) is 5.15. The molecule has 1 aliphatic rings. The zero-order valence-electron chi connectivity index (χ0n) is 15.6. The van der Waals surface area contributed by atoms with Crippen LogP contribution in [-0.4, -0.2) is 22.6 Å². The van der Waals surface area contributed by atoms with Crippen molar-refractivity contribution in [3.63, 3.8) is 0 Å². The molecule has 0 spiro atoms. The molecular weight excluding hydrogens is 358 g/mol. The predicted molar refractivity (Wildman–Crippen MR) is 106 cm³/mol. The van der Waals surface area contributed by atoms with Crippen LogP contribution in [0.3, 0.4) is 0 Å². The molecule has 5 nitrogen and oxygen atoms in total. The Morgan fingerprint density at radius 3 is 2.74 bits per heavy atom. The van der Waals surface area contributed by atoms with Gasteiger partial charge in [-0.2, -0.15) is 0 Å². The molecular formula is C21H23N3O2S. The van der Waals surface area contributed by atoms with Gasteiger partial charge in [0.05, 0.1) is 12.7 Å². The first-order chi connectivity index (χ1) is 13.2. The summed E-state index contributed by atoms with van der Waals surface area (Å²) < 4.78 is 7.20. The van der Waals surface area contributed by atoms with Gasteiger partial charge in [0.15, 0.2) is 0 Å². The van der Waals surface area contributed by atoms with E-state index in [2.05, 4.69) is 10.3 Å². The fraction of sp³-hybridized carbons (Fsp3) is 0.333. The third kappa shape index (κ3) is 3.49. The number of aromatic nitrogens is 2. The summed E-state index contributed by atoms with van der Waals surface area (Å²) in [6.45, 7) is 0. The van der Waals surface area contributed by atoms with Gasteiger partial charge < -0.3 is 14.6 Å². The Balaban J connectivity index is 1.66. The van der Waals surface area contributed by atoms with Crippen LogP contribution < -0.4 is 10.1 Å². The molecule has 2 heterocycles. The average molecular weight is 382 g/mol. The lowest BCUT2D eigenvalue weighted by atomic mass is 9.95. The number of benzene rings is 1. The third-order valence-corrected chi connectivity index (χ3v) is 6.24. The molecule has 0 bridgehead atoms. The first kappa shape index (κ1) is 17.8. The van der Waals surface area contributed by atoms with Crippen LogP contribution in [0.25, 0.3) is 0 Å². The monoisotopic (exact) mass is 381 g/mol. The second-order valence-electron chi connectivity index (χ2n) is 6.83. The molecule has 140 valence electrons. The van der Waals surface area contributed by atoms with Crippen LogP contribution in [0.1, 0.15) is 51.1 Å². The number of hydrogen-bond donors (Lipinski definition) is 1. The Morgan fingerprint density at radius 2 is 2.04 bits per heavy atom. The summed E-state index contributed by atoms with van der Waals surface area (Å²) in [6, 6.07) is 7.44. The van der Waals surface area contributed by atoms with E-state index in [9.17, 15) is 4.79 Å². The molecule has 1 aromatic carbocycles. The minimum absolute atomic E-state index is 0.0294. The first-order valence-electron chi connectivity index (χ1n) is 9.18. The number of amides is 1. The normalized spacial score (nSPS) is 14.4. The molecule has 0 aliphatic heterocycles. The van der Waals surface area contributed by atoms with Crippen LogP contribution in [0, 0.1) is 0 Å². The van der Waals surface area contributed by atoms with Gasteiger partial charge in [0.1, 0.15) is 17.6 Å². The van der Waals surface area contributed by atoms with Gasteiger partial charge in [-0.15, -0.1) is 11.3 Å². The highest BCUT2D eigenvalue weighted by Gasteiger charge is 2.25. The molecule has 1 N–H and O–H groups in total. The van der Waals surface area contributed by atoms with Gasteiger partial charge in [0.2, 0.25) is 0 Å². The molecule has 0 saturated heterocycles. The molecule has 1 atom stereocenters. The molecule has 0 saturated carbocycles. The van der Waals surface area contributed by atoms with Crippen LogP contribution >= 0.6 is 11.3 Å². The van der Waals surface area contributed by atoms with Crippen LogP contribution in [0.4, 0.5) is 0 Å². The summed E-state index contributed by atoms with van der Waals surface area (Å²) in [6.07, 6.45) is 8.11. The largest absolute Gasteiger partial charge is 0.497 e. The van der Waals surface area contributed by atoms with Crippen LogP contribution in [0.15, 0.2) is 42.0 Å². The van der Waals surface area contributed by atoms with E-state index in [0.717, 1.165) is 42.0 Å². The van der Waals surface area contributed by atoms with Gasteiger partial charge in [-0.1, -0.05) is 12.1 Å². The highest BCUT2D eigenvalue weighted by Crippen LogP contribution is 2.31. The molecule has 3 aromatic rings. The summed E-state index contributed by atoms with van der Waals surface area (Å²) >= 11 is 1.71. The van der Waals surface area contributed by atoms with Crippen molar-refractivity contribution >= 4 is 17.2 Å². The topological polar surface area (TPSA) is 56.1 Å². The SMILES string of the molecule is COc1ccc(C(NC(=O)c2csc3c2CCCC3)c2nccn2C)cc1. The van der Waals surface area contributed by atoms with Crippen LogP contribution in [-0.2, 0) is 19.9 Å². The summed E-state index contributed by atoms with van der Waals surface area (Å²) in [4.78, 5) is 19.0. The van der Waals surface area contributed by atoms with Gasteiger partial charge in [-0.25, -0.2) is 4.98 Å². The average Bonchev–Trinajstić information content (AvgIpc) is 3.32. The van der Waals surface area contributed by atoms with E-state index >= 15 is 0 Å². The second kappa shape index (κ2) is 7.56. The molecule has 1 amide bonds. The number of rotatable bonds is 5. The Kier molecular flexibility index (Phi) is 4.99. The van der Waals surface area contributed by atoms with E-state index in [0.29, 0.717) is 0 Å². The predicted octanol–water partition coefficient (Wildman–Crippen LogP) is 3.89. The zero-order chi connectivity index (χ0) is 18.8. The highest BCUT2D eigenvalue weighted by atomic mass is 32.1. The van der Waals surface area contributed by atoms with Crippen LogP contribution in [0.2, 0.25) is 0 Å². The number of fused-ring (bicyclic) bond motifs is 1. The van der Waals surface area contributed by atoms with Crippen molar-refractivity contribution < 1.29 is 9.53 Å². The Bertz CT molecular complexity index is 943. The Morgan fingerprint density at radius 1 is 1.26 bits per heavy atom. The first-order valence-corrected chi connectivity index (χ1v) is 10.1. The van der Waals surface area contributed by atoms with Crippen molar-refractivity contribution in [3.05, 3.63) is 69.4 Å². The van der Waals surface area contributed by atoms with Crippen molar-refractivity contribution in [1.82, 2.24) is 14.9 Å². The number of carbonyl (C=O) groups is 1. The van der Waals surface area contributed by atoms with Gasteiger partial charge in [0, 0.05) is 29.7 Å². The second-order valence-corrected chi connectivity index (χ2v) is 7.80. The fourth-order valence-electron chi connectivity index (χ4n) is 3.64. The van der Waals surface area contributed by atoms with Crippen molar-refractivity contribution in [2.75, 3.05) is 7.11 Å². The lowest BCUT2D eigenvalue weighted by Crippen LogP contribution is -2.31. The summed E-state index contributed by atoms with van der Waals surface area (Å²) in [7, 11) is 3.59. The van der Waals surface area contributed by atoms with Gasteiger partial charge in [-0.3, -0.25) is 4.79 Å². The van der Waals surface area contributed by atoms with Crippen molar-refractivity contribution in [1.29, 1.82) is 0 Å². The molecule has 6 heteroatoms. The fourth-order valence-corrected chi connectivity index (χ4v) is 4.77. The lowest BCUT2D eigenvalue weighted by molar-refractivity contribution is 0.0940. The number of methoxy groups -OCH3 is 1. The number of nitrogens with one attached hydrogen (secondary N) is 1. The molecule has 2 aromatic heterocycles. The molecule has 0 radical (unpaired) electrons. The minimum atomic E-state index is -0.317.